The third-order valence-electron chi connectivity index (χ3n) is 2.48. The van der Waals surface area contributed by atoms with Gasteiger partial charge in [-0.25, -0.2) is 0 Å². The average Bonchev–Trinajstić information content (AvgIpc) is 2.27. The lowest BCUT2D eigenvalue weighted by Gasteiger charge is -2.22. The van der Waals surface area contributed by atoms with Crippen LogP contribution in [0.25, 0.3) is 6.08 Å². The van der Waals surface area contributed by atoms with Gasteiger partial charge in [-0.05, 0) is 18.6 Å². The highest BCUT2D eigenvalue weighted by Gasteiger charge is 2.22. The highest BCUT2D eigenvalue weighted by atomic mass is 16.6. The van der Waals surface area contributed by atoms with Crippen molar-refractivity contribution in [3.05, 3.63) is 39.6 Å². The van der Waals surface area contributed by atoms with Gasteiger partial charge in [-0.2, -0.15) is 0 Å². The van der Waals surface area contributed by atoms with E-state index in [-0.39, 0.29) is 11.4 Å². The summed E-state index contributed by atoms with van der Waals surface area (Å²) in [6.45, 7) is 1.87. The molecule has 0 spiro atoms. The van der Waals surface area contributed by atoms with Gasteiger partial charge in [0, 0.05) is 11.6 Å². The number of aliphatic hydroxyl groups is 1. The molecule has 5 nitrogen and oxygen atoms in total. The fraction of sp³-hybridized carbons (Fsp3) is 0.273. The van der Waals surface area contributed by atoms with Gasteiger partial charge in [-0.1, -0.05) is 6.92 Å². The Bertz CT molecular complexity index is 467. The van der Waals surface area contributed by atoms with Gasteiger partial charge in [-0.3, -0.25) is 10.1 Å². The number of aliphatic hydroxyl groups excluding tert-OH is 1. The Kier molecular flexibility index (Phi) is 2.52. The van der Waals surface area contributed by atoms with Crippen LogP contribution < -0.4 is 4.74 Å². The van der Waals surface area contributed by atoms with Crippen LogP contribution in [0.15, 0.2) is 24.0 Å². The fourth-order valence-corrected chi connectivity index (χ4v) is 1.62. The Hall–Kier alpha value is -2.04. The normalized spacial score (nSPS) is 18.3. The molecule has 1 atom stereocenters. The molecule has 1 N–H and O–H groups in total. The van der Waals surface area contributed by atoms with E-state index in [0.717, 1.165) is 0 Å². The van der Waals surface area contributed by atoms with Gasteiger partial charge in [0.1, 0.15) is 11.5 Å². The van der Waals surface area contributed by atoms with Crippen LogP contribution in [-0.2, 0) is 0 Å². The van der Waals surface area contributed by atoms with Crippen molar-refractivity contribution in [3.63, 3.8) is 0 Å². The predicted molar refractivity (Wildman–Crippen MR) is 58.4 cm³/mol. The van der Waals surface area contributed by atoms with Crippen molar-refractivity contribution < 1.29 is 14.8 Å². The number of nitro groups is 1. The summed E-state index contributed by atoms with van der Waals surface area (Å²) in [6.07, 6.45) is 1.79. The van der Waals surface area contributed by atoms with Crippen molar-refractivity contribution in [3.8, 4) is 5.75 Å². The predicted octanol–water partition coefficient (Wildman–Crippen LogP) is 2.66. The van der Waals surface area contributed by atoms with Crippen LogP contribution >= 0.6 is 0 Å². The lowest BCUT2D eigenvalue weighted by Crippen LogP contribution is -2.21. The van der Waals surface area contributed by atoms with E-state index in [1.165, 1.54) is 12.1 Å². The van der Waals surface area contributed by atoms with E-state index >= 15 is 0 Å². The molecule has 2 rings (SSSR count). The zero-order chi connectivity index (χ0) is 11.7. The minimum atomic E-state index is -0.469. The van der Waals surface area contributed by atoms with Gasteiger partial charge in [0.2, 0.25) is 0 Å². The van der Waals surface area contributed by atoms with Gasteiger partial charge < -0.3 is 9.84 Å². The molecule has 0 bridgehead atoms. The van der Waals surface area contributed by atoms with Crippen molar-refractivity contribution in [1.29, 1.82) is 0 Å². The second kappa shape index (κ2) is 3.84. The molecule has 0 aromatic heterocycles. The molecule has 84 valence electrons. The fourth-order valence-electron chi connectivity index (χ4n) is 1.62. The van der Waals surface area contributed by atoms with E-state index in [1.54, 1.807) is 12.1 Å². The van der Waals surface area contributed by atoms with E-state index in [2.05, 4.69) is 0 Å². The molecule has 5 heteroatoms. The standard InChI is InChI=1S/C11H11NO4/c1-2-10-9(13)5-7-3-4-8(12(14)15)6-11(7)16-10/h3-6,10,13H,2H2,1H3. The molecule has 0 saturated heterocycles. The van der Waals surface area contributed by atoms with Crippen LogP contribution in [-0.4, -0.2) is 16.1 Å². The van der Waals surface area contributed by atoms with Gasteiger partial charge in [0.25, 0.3) is 5.69 Å². The summed E-state index contributed by atoms with van der Waals surface area (Å²) in [5.74, 6) is 0.600. The molecule has 1 aromatic carbocycles. The summed E-state index contributed by atoms with van der Waals surface area (Å²) >= 11 is 0. The summed E-state index contributed by atoms with van der Waals surface area (Å²) in [5, 5.41) is 20.2. The van der Waals surface area contributed by atoms with E-state index in [1.807, 2.05) is 6.92 Å². The molecule has 0 fully saturated rings. The smallest absolute Gasteiger partial charge is 0.273 e. The van der Waals surface area contributed by atoms with Crippen molar-refractivity contribution in [2.45, 2.75) is 19.4 Å². The number of hydrogen-bond donors (Lipinski definition) is 1. The monoisotopic (exact) mass is 221 g/mol. The molecule has 1 heterocycles. The van der Waals surface area contributed by atoms with E-state index in [9.17, 15) is 15.2 Å². The number of nitro benzene ring substituents is 1. The second-order valence-corrected chi connectivity index (χ2v) is 3.56. The first-order valence-electron chi connectivity index (χ1n) is 4.97. The zero-order valence-electron chi connectivity index (χ0n) is 8.71. The third-order valence-corrected chi connectivity index (χ3v) is 2.48. The van der Waals surface area contributed by atoms with E-state index in [4.69, 9.17) is 4.74 Å². The number of rotatable bonds is 2. The summed E-state index contributed by atoms with van der Waals surface area (Å²) < 4.78 is 5.46. The Labute approximate surface area is 92.1 Å². The number of ether oxygens (including phenoxy) is 1. The first kappa shape index (κ1) is 10.5. The summed E-state index contributed by atoms with van der Waals surface area (Å²) in [6, 6.07) is 4.33. The minimum absolute atomic E-state index is 0.0107. The van der Waals surface area contributed by atoms with Crippen molar-refractivity contribution in [2.24, 2.45) is 0 Å². The molecule has 1 unspecified atom stereocenters. The van der Waals surface area contributed by atoms with Crippen LogP contribution in [0.5, 0.6) is 5.75 Å². The van der Waals surface area contributed by atoms with Crippen LogP contribution in [0.3, 0.4) is 0 Å². The Morgan fingerprint density at radius 3 is 2.94 bits per heavy atom. The van der Waals surface area contributed by atoms with Gasteiger partial charge >= 0.3 is 0 Å². The van der Waals surface area contributed by atoms with Gasteiger partial charge in [0.15, 0.2) is 6.10 Å². The quantitative estimate of drug-likeness (QED) is 0.615. The Balaban J connectivity index is 2.43. The van der Waals surface area contributed by atoms with Gasteiger partial charge in [0.05, 0.1) is 11.0 Å². The lowest BCUT2D eigenvalue weighted by molar-refractivity contribution is -0.385. The molecule has 1 aromatic rings. The number of hydrogen-bond acceptors (Lipinski definition) is 4. The van der Waals surface area contributed by atoms with Crippen LogP contribution in [0.1, 0.15) is 18.9 Å². The maximum atomic E-state index is 10.6. The largest absolute Gasteiger partial charge is 0.508 e. The van der Waals surface area contributed by atoms with Crippen molar-refractivity contribution >= 4 is 11.8 Å². The highest BCUT2D eigenvalue weighted by Crippen LogP contribution is 2.32. The highest BCUT2D eigenvalue weighted by molar-refractivity contribution is 5.64. The number of nitrogens with zero attached hydrogens (tertiary/aromatic N) is 1. The zero-order valence-corrected chi connectivity index (χ0v) is 8.71. The molecule has 0 aliphatic carbocycles. The summed E-state index contributed by atoms with van der Waals surface area (Å²) in [5.41, 5.74) is 0.649. The Morgan fingerprint density at radius 2 is 2.31 bits per heavy atom. The molecule has 16 heavy (non-hydrogen) atoms. The molecule has 1 aliphatic heterocycles. The third kappa shape index (κ3) is 1.71. The first-order valence-corrected chi connectivity index (χ1v) is 4.97. The van der Waals surface area contributed by atoms with Crippen molar-refractivity contribution in [2.75, 3.05) is 0 Å². The van der Waals surface area contributed by atoms with E-state index in [0.29, 0.717) is 17.7 Å². The average molecular weight is 221 g/mol. The maximum Gasteiger partial charge on any atom is 0.273 e. The lowest BCUT2D eigenvalue weighted by atomic mass is 10.1. The first-order chi connectivity index (χ1) is 7.61. The van der Waals surface area contributed by atoms with Crippen LogP contribution in [0, 0.1) is 10.1 Å². The van der Waals surface area contributed by atoms with Crippen molar-refractivity contribution in [1.82, 2.24) is 0 Å². The van der Waals surface area contributed by atoms with Crippen LogP contribution in [0.4, 0.5) is 5.69 Å². The van der Waals surface area contributed by atoms with Gasteiger partial charge in [-0.15, -0.1) is 0 Å². The van der Waals surface area contributed by atoms with Crippen LogP contribution in [0.2, 0.25) is 0 Å². The molecule has 0 radical (unpaired) electrons. The van der Waals surface area contributed by atoms with E-state index < -0.39 is 11.0 Å². The summed E-state index contributed by atoms with van der Waals surface area (Å²) in [4.78, 5) is 10.1. The molecular weight excluding hydrogens is 210 g/mol. The second-order valence-electron chi connectivity index (χ2n) is 3.56. The topological polar surface area (TPSA) is 72.6 Å². The number of fused-ring (bicyclic) bond motifs is 1. The summed E-state index contributed by atoms with van der Waals surface area (Å²) in [7, 11) is 0. The molecule has 0 amide bonds. The molecule has 0 saturated carbocycles. The Morgan fingerprint density at radius 1 is 1.56 bits per heavy atom. The molecule has 1 aliphatic rings. The maximum absolute atomic E-state index is 10.6. The number of non-ortho nitro benzene ring substituents is 1. The SMILES string of the molecule is CCC1Oc2cc([N+](=O)[O-])ccc2C=C1O. The minimum Gasteiger partial charge on any atom is -0.508 e. The number of benzene rings is 1. The molecular formula is C11H11NO4.